The number of nitrogens with one attached hydrogen (secondary N) is 1. The van der Waals surface area contributed by atoms with Crippen LogP contribution in [0.25, 0.3) is 11.2 Å². The Bertz CT molecular complexity index is 1480. The molecule has 17 nitrogen and oxygen atoms in total. The fourth-order valence-electron chi connectivity index (χ4n) is 3.44. The molecule has 6 atom stereocenters. The zero-order valence-corrected chi connectivity index (χ0v) is 28.9. The highest BCUT2D eigenvalue weighted by Crippen LogP contribution is 2.79. The molecule has 45 heavy (non-hydrogen) atoms. The predicted molar refractivity (Wildman–Crippen MR) is 160 cm³/mol. The summed E-state index contributed by atoms with van der Waals surface area (Å²) in [5, 5.41) is 24.1. The number of phosphoric acid groups is 1. The van der Waals surface area contributed by atoms with Crippen LogP contribution in [0.4, 0.5) is 19.0 Å². The van der Waals surface area contributed by atoms with Gasteiger partial charge < -0.3 is 39.8 Å². The molecule has 0 amide bonds. The SMILES string of the molecule is CSCCNc1nc(SCCC(F)(F)F)nc2c1ncn2[C@@H]1O[C@H](COP(=O)(O)OP(=O)(O)C(Cl)(Cl)P(=O)(O)O)[C@@H](O)[C@H]1O.Cl. The van der Waals surface area contributed by atoms with E-state index >= 15 is 0 Å². The summed E-state index contributed by atoms with van der Waals surface area (Å²) in [5.41, 5.74) is 0.119. The average Bonchev–Trinajstić information content (AvgIpc) is 3.41. The van der Waals surface area contributed by atoms with Gasteiger partial charge in [0.2, 0.25) is 0 Å². The lowest BCUT2D eigenvalue weighted by atomic mass is 10.1. The molecular weight excluding hydrogens is 787 g/mol. The van der Waals surface area contributed by atoms with Crippen LogP contribution in [0.2, 0.25) is 0 Å². The number of anilines is 1. The molecule has 0 aliphatic carbocycles. The number of fused-ring (bicyclic) bond motifs is 1. The van der Waals surface area contributed by atoms with Gasteiger partial charge >= 0.3 is 33.0 Å². The second-order valence-electron chi connectivity index (χ2n) is 8.78. The summed E-state index contributed by atoms with van der Waals surface area (Å²) in [4.78, 5) is 50.4. The van der Waals surface area contributed by atoms with E-state index in [1.54, 1.807) is 0 Å². The first-order chi connectivity index (χ1) is 20.1. The van der Waals surface area contributed by atoms with Gasteiger partial charge in [-0.1, -0.05) is 35.0 Å². The second kappa shape index (κ2) is 15.7. The first kappa shape index (κ1) is 41.2. The highest BCUT2D eigenvalue weighted by molar-refractivity contribution is 7.99. The number of imidazole rings is 1. The number of thioether (sulfide) groups is 2. The Hall–Kier alpha value is 0.0400. The van der Waals surface area contributed by atoms with E-state index in [1.807, 2.05) is 6.26 Å². The number of phosphoric ester groups is 1. The van der Waals surface area contributed by atoms with Crippen LogP contribution in [0.5, 0.6) is 0 Å². The molecule has 3 heterocycles. The predicted octanol–water partition coefficient (Wildman–Crippen LogP) is 3.27. The average molecular weight is 813 g/mol. The summed E-state index contributed by atoms with van der Waals surface area (Å²) >= 11 is 12.6. The second-order valence-corrected chi connectivity index (χ2v) is 18.9. The minimum absolute atomic E-state index is 0. The van der Waals surface area contributed by atoms with Crippen molar-refractivity contribution in [1.29, 1.82) is 0 Å². The van der Waals surface area contributed by atoms with E-state index < -0.39 is 76.3 Å². The summed E-state index contributed by atoms with van der Waals surface area (Å²) < 4.78 is 85.1. The summed E-state index contributed by atoms with van der Waals surface area (Å²) in [6.45, 7) is -0.697. The van der Waals surface area contributed by atoms with Gasteiger partial charge in [0.1, 0.15) is 18.3 Å². The lowest BCUT2D eigenvalue weighted by Gasteiger charge is -2.26. The number of nitrogens with zero attached hydrogens (tertiary/aromatic N) is 4. The molecule has 0 radical (unpaired) electrons. The van der Waals surface area contributed by atoms with Gasteiger partial charge in [0.05, 0.1) is 19.4 Å². The Balaban J connectivity index is 0.00000705. The number of halogens is 6. The number of alkyl halides is 5. The van der Waals surface area contributed by atoms with Gasteiger partial charge in [0.25, 0.3) is 0 Å². The highest BCUT2D eigenvalue weighted by Gasteiger charge is 2.62. The van der Waals surface area contributed by atoms with E-state index in [-0.39, 0.29) is 34.5 Å². The summed E-state index contributed by atoms with van der Waals surface area (Å²) in [6, 6.07) is 0. The fraction of sp³-hybridized carbons (Fsp3) is 0.706. The van der Waals surface area contributed by atoms with Crippen LogP contribution in [0, 0.1) is 0 Å². The Labute approximate surface area is 276 Å². The summed E-state index contributed by atoms with van der Waals surface area (Å²) in [7, 11) is -17.4. The maximum Gasteiger partial charge on any atom is 0.479 e. The van der Waals surface area contributed by atoms with Crippen molar-refractivity contribution in [3.8, 4) is 0 Å². The van der Waals surface area contributed by atoms with Crippen molar-refractivity contribution in [3.05, 3.63) is 6.33 Å². The van der Waals surface area contributed by atoms with Crippen LogP contribution in [-0.4, -0.2) is 109 Å². The van der Waals surface area contributed by atoms with Gasteiger partial charge in [-0.15, -0.1) is 12.4 Å². The molecule has 28 heteroatoms. The zero-order chi connectivity index (χ0) is 33.3. The minimum atomic E-state index is -5.97. The lowest BCUT2D eigenvalue weighted by Crippen LogP contribution is -2.33. The van der Waals surface area contributed by atoms with E-state index in [1.165, 1.54) is 11.8 Å². The van der Waals surface area contributed by atoms with Crippen LogP contribution in [0.15, 0.2) is 11.5 Å². The maximum absolute atomic E-state index is 12.7. The normalized spacial score (nSPS) is 23.8. The number of hydrogen-bond donors (Lipinski definition) is 7. The summed E-state index contributed by atoms with van der Waals surface area (Å²) in [5.74, 6) is 0.407. The monoisotopic (exact) mass is 811 g/mol. The van der Waals surface area contributed by atoms with Gasteiger partial charge in [-0.05, 0) is 6.26 Å². The number of rotatable bonds is 15. The molecule has 3 rings (SSSR count). The Kier molecular flexibility index (Phi) is 14.4. The van der Waals surface area contributed by atoms with Gasteiger partial charge in [-0.25, -0.2) is 23.8 Å². The molecule has 7 N–H and O–H groups in total. The lowest BCUT2D eigenvalue weighted by molar-refractivity contribution is -0.129. The van der Waals surface area contributed by atoms with Gasteiger partial charge in [-0.3, -0.25) is 18.2 Å². The molecule has 1 aliphatic heterocycles. The summed E-state index contributed by atoms with van der Waals surface area (Å²) in [6.07, 6.45) is -9.29. The molecular formula is C17H26Cl3F3N5O12P3S2. The first-order valence-electron chi connectivity index (χ1n) is 11.7. The van der Waals surface area contributed by atoms with Gasteiger partial charge in [0, 0.05) is 18.1 Å². The van der Waals surface area contributed by atoms with E-state index in [9.17, 15) is 46.9 Å². The quantitative estimate of drug-likeness (QED) is 0.0448. The van der Waals surface area contributed by atoms with E-state index in [4.69, 9.17) is 37.7 Å². The van der Waals surface area contributed by atoms with Gasteiger partial charge in [0.15, 0.2) is 28.4 Å². The number of hydrogen-bond acceptors (Lipinski definition) is 14. The molecule has 0 spiro atoms. The largest absolute Gasteiger partial charge is 0.479 e. The molecule has 2 aromatic rings. The Morgan fingerprint density at radius 2 is 1.76 bits per heavy atom. The third kappa shape index (κ3) is 10.3. The van der Waals surface area contributed by atoms with Gasteiger partial charge in [-0.2, -0.15) is 24.9 Å². The van der Waals surface area contributed by atoms with Crippen LogP contribution >= 0.6 is 82.1 Å². The third-order valence-electron chi connectivity index (χ3n) is 5.53. The van der Waals surface area contributed by atoms with Crippen LogP contribution < -0.4 is 5.32 Å². The third-order valence-corrected chi connectivity index (χ3v) is 14.7. The van der Waals surface area contributed by atoms with Crippen LogP contribution in [0.1, 0.15) is 12.6 Å². The first-order valence-corrected chi connectivity index (χ1v) is 19.6. The minimum Gasteiger partial charge on any atom is -0.387 e. The molecule has 1 aliphatic rings. The van der Waals surface area contributed by atoms with Crippen molar-refractivity contribution in [2.75, 3.05) is 36.2 Å². The number of aliphatic hydroxyl groups is 2. The fourth-order valence-corrected chi connectivity index (χ4v) is 8.81. The number of aromatic nitrogens is 4. The van der Waals surface area contributed by atoms with Crippen molar-refractivity contribution in [2.45, 2.75) is 46.1 Å². The van der Waals surface area contributed by atoms with Crippen LogP contribution in [0.3, 0.4) is 0 Å². The molecule has 260 valence electrons. The van der Waals surface area contributed by atoms with Crippen LogP contribution in [-0.2, 0) is 27.3 Å². The Morgan fingerprint density at radius 1 is 1.11 bits per heavy atom. The van der Waals surface area contributed by atoms with E-state index in [0.29, 0.717) is 24.1 Å². The topological polar surface area (TPSA) is 256 Å². The smallest absolute Gasteiger partial charge is 0.387 e. The molecule has 0 saturated carbocycles. The van der Waals surface area contributed by atoms with E-state index in [2.05, 4.69) is 29.1 Å². The molecule has 0 bridgehead atoms. The zero-order valence-electron chi connectivity index (χ0n) is 22.3. The Morgan fingerprint density at radius 3 is 2.33 bits per heavy atom. The van der Waals surface area contributed by atoms with Crippen molar-refractivity contribution in [3.63, 3.8) is 0 Å². The number of ether oxygens (including phenoxy) is 1. The molecule has 1 saturated heterocycles. The molecule has 2 unspecified atom stereocenters. The van der Waals surface area contributed by atoms with Crippen molar-refractivity contribution in [2.24, 2.45) is 0 Å². The van der Waals surface area contributed by atoms with Crippen molar-refractivity contribution < 1.29 is 70.2 Å². The molecule has 2 aromatic heterocycles. The molecule has 0 aromatic carbocycles. The van der Waals surface area contributed by atoms with E-state index in [0.717, 1.165) is 10.9 Å². The van der Waals surface area contributed by atoms with Crippen molar-refractivity contribution in [1.82, 2.24) is 19.5 Å². The number of aliphatic hydroxyl groups excluding tert-OH is 2. The highest BCUT2D eigenvalue weighted by atomic mass is 35.5. The maximum atomic E-state index is 12.7. The molecule has 1 fully saturated rings. The standard InChI is InChI=1S/C17H25Cl2F3N5O12P3S2.ClH/c1-43-5-3-23-12-9-13(26-15(25-12)44-4-2-16(20,21)22)27(7-24-9)14-11(29)10(28)8(38-14)6-37-42(35,36)39-41(33,34)17(18,19)40(30,31)32;/h7-8,10-11,14,28-29H,2-6H2,1H3,(H,33,34)(H,35,36)(H,23,25,26)(H2,30,31,32);1H/t8-,10-,11-,14-;/m1./s1. The van der Waals surface area contributed by atoms with Crippen molar-refractivity contribution >= 4 is 99.1 Å².